The van der Waals surface area contributed by atoms with Crippen molar-refractivity contribution in [2.24, 2.45) is 0 Å². The molecule has 1 aromatic carbocycles. The first-order chi connectivity index (χ1) is 14.2. The fourth-order valence-electron chi connectivity index (χ4n) is 4.13. The molecule has 6 heteroatoms. The predicted molar refractivity (Wildman–Crippen MR) is 119 cm³/mol. The summed E-state index contributed by atoms with van der Waals surface area (Å²) in [5.41, 5.74) is 3.63. The van der Waals surface area contributed by atoms with Gasteiger partial charge < -0.3 is 4.90 Å². The first-order valence-corrected chi connectivity index (χ1v) is 11.6. The van der Waals surface area contributed by atoms with Crippen LogP contribution >= 0.6 is 11.8 Å². The Morgan fingerprint density at radius 3 is 2.69 bits per heavy atom. The summed E-state index contributed by atoms with van der Waals surface area (Å²) in [6.45, 7) is 6.77. The average Bonchev–Trinajstić information content (AvgIpc) is 3.25. The molecule has 0 bridgehead atoms. The monoisotopic (exact) mass is 410 g/mol. The number of thioether (sulfide) groups is 1. The summed E-state index contributed by atoms with van der Waals surface area (Å²) in [4.78, 5) is 21.9. The minimum atomic E-state index is -0.0887. The summed E-state index contributed by atoms with van der Waals surface area (Å²) < 4.78 is 0. The number of hydrogen-bond acceptors (Lipinski definition) is 5. The molecule has 1 aromatic heterocycles. The molecule has 0 radical (unpaired) electrons. The predicted octanol–water partition coefficient (Wildman–Crippen LogP) is 2.87. The molecule has 0 spiro atoms. The number of aromatic nitrogens is 1. The lowest BCUT2D eigenvalue weighted by Crippen LogP contribution is -2.53. The van der Waals surface area contributed by atoms with Crippen LogP contribution in [0.5, 0.6) is 0 Å². The summed E-state index contributed by atoms with van der Waals surface area (Å²) in [6.07, 6.45) is 4.11. The van der Waals surface area contributed by atoms with Gasteiger partial charge in [-0.15, -0.1) is 11.8 Å². The van der Waals surface area contributed by atoms with E-state index in [4.69, 9.17) is 0 Å². The zero-order valence-electron chi connectivity index (χ0n) is 17.1. The van der Waals surface area contributed by atoms with Crippen molar-refractivity contribution in [2.75, 3.05) is 38.5 Å². The van der Waals surface area contributed by atoms with E-state index in [2.05, 4.69) is 51.6 Å². The second-order valence-corrected chi connectivity index (χ2v) is 9.00. The molecule has 29 heavy (non-hydrogen) atoms. The van der Waals surface area contributed by atoms with Gasteiger partial charge in [0, 0.05) is 49.4 Å². The molecule has 2 unspecified atom stereocenters. The van der Waals surface area contributed by atoms with E-state index in [0.717, 1.165) is 50.6 Å². The molecule has 1 amide bonds. The molecule has 2 aliphatic heterocycles. The van der Waals surface area contributed by atoms with Crippen LogP contribution in [0.3, 0.4) is 0 Å². The smallest absolute Gasteiger partial charge is 0.240 e. The third-order valence-electron chi connectivity index (χ3n) is 5.88. The van der Waals surface area contributed by atoms with Crippen LogP contribution in [-0.2, 0) is 11.2 Å². The maximum atomic E-state index is 13.0. The average molecular weight is 411 g/mol. The van der Waals surface area contributed by atoms with E-state index >= 15 is 0 Å². The van der Waals surface area contributed by atoms with Gasteiger partial charge in [0.2, 0.25) is 5.91 Å². The number of amides is 1. The highest BCUT2D eigenvalue weighted by atomic mass is 32.2. The molecule has 1 N–H and O–H groups in total. The third-order valence-corrected chi connectivity index (χ3v) is 7.13. The molecular weight excluding hydrogens is 380 g/mol. The van der Waals surface area contributed by atoms with E-state index in [-0.39, 0.29) is 17.3 Å². The fraction of sp³-hybridized carbons (Fsp3) is 0.478. The Balaban J connectivity index is 1.21. The first-order valence-electron chi connectivity index (χ1n) is 10.5. The number of nitrogens with zero attached hydrogens (tertiary/aromatic N) is 3. The lowest BCUT2D eigenvalue weighted by molar-refractivity contribution is -0.134. The molecule has 4 rings (SSSR count). The highest BCUT2D eigenvalue weighted by Gasteiger charge is 2.34. The summed E-state index contributed by atoms with van der Waals surface area (Å²) in [6, 6.07) is 14.7. The number of nitrogens with one attached hydrogen (secondary N) is 1. The van der Waals surface area contributed by atoms with E-state index in [0.29, 0.717) is 0 Å². The lowest BCUT2D eigenvalue weighted by atomic mass is 10.1. The zero-order chi connectivity index (χ0) is 20.1. The summed E-state index contributed by atoms with van der Waals surface area (Å²) in [5.74, 6) is 1.08. The van der Waals surface area contributed by atoms with Crippen LogP contribution in [0.1, 0.15) is 28.6 Å². The zero-order valence-corrected chi connectivity index (χ0v) is 17.9. The van der Waals surface area contributed by atoms with Crippen LogP contribution in [0.2, 0.25) is 0 Å². The van der Waals surface area contributed by atoms with Crippen molar-refractivity contribution in [1.82, 2.24) is 20.1 Å². The van der Waals surface area contributed by atoms with Gasteiger partial charge in [0.1, 0.15) is 0 Å². The van der Waals surface area contributed by atoms with Gasteiger partial charge >= 0.3 is 0 Å². The van der Waals surface area contributed by atoms with Gasteiger partial charge in [-0.2, -0.15) is 0 Å². The van der Waals surface area contributed by atoms with Gasteiger partial charge in [0.15, 0.2) is 0 Å². The minimum absolute atomic E-state index is 0.0887. The molecular formula is C23H30N4OS. The molecule has 0 aliphatic carbocycles. The van der Waals surface area contributed by atoms with Crippen LogP contribution in [-0.4, -0.2) is 65.2 Å². The molecule has 2 aliphatic rings. The van der Waals surface area contributed by atoms with Crippen molar-refractivity contribution >= 4 is 17.7 Å². The van der Waals surface area contributed by atoms with Crippen LogP contribution in [0.4, 0.5) is 0 Å². The number of hydrogen-bond donors (Lipinski definition) is 1. The number of piperazine rings is 1. The molecule has 2 fully saturated rings. The summed E-state index contributed by atoms with van der Waals surface area (Å²) >= 11 is 1.81. The number of carbonyl (C=O) groups is 1. The number of rotatable bonds is 6. The Bertz CT molecular complexity index is 808. The molecule has 2 saturated heterocycles. The van der Waals surface area contributed by atoms with Crippen molar-refractivity contribution in [2.45, 2.75) is 31.2 Å². The molecule has 5 nitrogen and oxygen atoms in total. The van der Waals surface area contributed by atoms with Crippen molar-refractivity contribution in [1.29, 1.82) is 0 Å². The number of carbonyl (C=O) groups excluding carboxylic acids is 1. The minimum Gasteiger partial charge on any atom is -0.339 e. The summed E-state index contributed by atoms with van der Waals surface area (Å²) in [5, 5.41) is 3.69. The molecule has 3 heterocycles. The van der Waals surface area contributed by atoms with Crippen LogP contribution in [0, 0.1) is 6.92 Å². The SMILES string of the molecule is Cc1ncccc1C1NC(C(=O)N2CCN(CCCc3ccccc3)CC2)CS1. The van der Waals surface area contributed by atoms with Crippen LogP contribution < -0.4 is 5.32 Å². The fourth-order valence-corrected chi connectivity index (χ4v) is 5.44. The van der Waals surface area contributed by atoms with Gasteiger partial charge in [-0.25, -0.2) is 0 Å². The largest absolute Gasteiger partial charge is 0.339 e. The Kier molecular flexibility index (Phi) is 6.85. The van der Waals surface area contributed by atoms with Crippen LogP contribution in [0.25, 0.3) is 0 Å². The number of aryl methyl sites for hydroxylation is 2. The molecule has 2 atom stereocenters. The highest BCUT2D eigenvalue weighted by molar-refractivity contribution is 7.99. The van der Waals surface area contributed by atoms with E-state index in [1.807, 2.05) is 35.8 Å². The lowest BCUT2D eigenvalue weighted by Gasteiger charge is -2.36. The van der Waals surface area contributed by atoms with Crippen molar-refractivity contribution in [3.05, 3.63) is 65.5 Å². The summed E-state index contributed by atoms with van der Waals surface area (Å²) in [7, 11) is 0. The Hall–Kier alpha value is -1.89. The van der Waals surface area contributed by atoms with Crippen LogP contribution in [0.15, 0.2) is 48.7 Å². The maximum Gasteiger partial charge on any atom is 0.240 e. The number of benzene rings is 1. The quantitative estimate of drug-likeness (QED) is 0.794. The highest BCUT2D eigenvalue weighted by Crippen LogP contribution is 2.34. The second kappa shape index (κ2) is 9.74. The van der Waals surface area contributed by atoms with E-state index < -0.39 is 0 Å². The maximum absolute atomic E-state index is 13.0. The van der Waals surface area contributed by atoms with Gasteiger partial charge in [-0.05, 0) is 37.9 Å². The van der Waals surface area contributed by atoms with Gasteiger partial charge in [0.25, 0.3) is 0 Å². The van der Waals surface area contributed by atoms with E-state index in [1.165, 1.54) is 17.5 Å². The second-order valence-electron chi connectivity index (χ2n) is 7.87. The molecule has 154 valence electrons. The van der Waals surface area contributed by atoms with Gasteiger partial charge in [0.05, 0.1) is 11.4 Å². The topological polar surface area (TPSA) is 48.5 Å². The Morgan fingerprint density at radius 2 is 1.93 bits per heavy atom. The third kappa shape index (κ3) is 5.18. The van der Waals surface area contributed by atoms with Gasteiger partial charge in [-0.1, -0.05) is 36.4 Å². The van der Waals surface area contributed by atoms with Crippen molar-refractivity contribution in [3.8, 4) is 0 Å². The number of pyridine rings is 1. The standard InChI is InChI=1S/C23H30N4OS/c1-18-20(10-5-11-24-18)22-25-21(17-29-22)23(28)27-15-13-26(14-16-27)12-6-9-19-7-3-2-4-8-19/h2-5,7-8,10-11,21-22,25H,6,9,12-17H2,1H3. The molecule has 2 aromatic rings. The Morgan fingerprint density at radius 1 is 1.14 bits per heavy atom. The van der Waals surface area contributed by atoms with E-state index in [9.17, 15) is 4.79 Å². The Labute approximate surface area is 177 Å². The molecule has 0 saturated carbocycles. The van der Waals surface area contributed by atoms with Gasteiger partial charge in [-0.3, -0.25) is 20.0 Å². The normalized spacial score (nSPS) is 22.7. The van der Waals surface area contributed by atoms with Crippen molar-refractivity contribution in [3.63, 3.8) is 0 Å². The van der Waals surface area contributed by atoms with Crippen molar-refractivity contribution < 1.29 is 4.79 Å². The van der Waals surface area contributed by atoms with E-state index in [1.54, 1.807) is 0 Å². The first kappa shape index (κ1) is 20.4.